The first-order chi connectivity index (χ1) is 36.7. The summed E-state index contributed by atoms with van der Waals surface area (Å²) in [5, 5.41) is 0. The highest BCUT2D eigenvalue weighted by molar-refractivity contribution is 5.88. The maximum absolute atomic E-state index is 2.41. The Morgan fingerprint density at radius 2 is 0.622 bits per heavy atom. The fourth-order valence-corrected chi connectivity index (χ4v) is 10.4. The van der Waals surface area contributed by atoms with Gasteiger partial charge in [0.05, 0.1) is 0 Å². The molecule has 0 amide bonds. The van der Waals surface area contributed by atoms with Gasteiger partial charge in [-0.25, -0.2) is 0 Å². The van der Waals surface area contributed by atoms with Gasteiger partial charge in [-0.1, -0.05) is 237 Å². The lowest BCUT2D eigenvalue weighted by atomic mass is 9.81. The van der Waals surface area contributed by atoms with Crippen LogP contribution in [0.5, 0.6) is 0 Å². The first kappa shape index (κ1) is 45.6. The quantitative estimate of drug-likeness (QED) is 0.106. The number of rotatable bonds is 13. The van der Waals surface area contributed by atoms with E-state index in [0.29, 0.717) is 0 Å². The van der Waals surface area contributed by atoms with Crippen molar-refractivity contribution in [1.29, 1.82) is 0 Å². The van der Waals surface area contributed by atoms with E-state index in [4.69, 9.17) is 0 Å². The molecular formula is C72H54N2. The van der Waals surface area contributed by atoms with Crippen LogP contribution in [0.2, 0.25) is 0 Å². The fourth-order valence-electron chi connectivity index (χ4n) is 10.4. The van der Waals surface area contributed by atoms with Gasteiger partial charge in [-0.15, -0.1) is 0 Å². The summed E-state index contributed by atoms with van der Waals surface area (Å²) in [4.78, 5) is 4.73. The Hall–Kier alpha value is -9.50. The minimum atomic E-state index is 0.186. The van der Waals surface area contributed by atoms with Crippen LogP contribution in [0.15, 0.2) is 297 Å². The molecule has 11 aromatic rings. The second kappa shape index (κ2) is 21.1. The first-order valence-corrected chi connectivity index (χ1v) is 25.6. The lowest BCUT2D eigenvalue weighted by Crippen LogP contribution is -2.13. The average molecular weight is 947 g/mol. The summed E-state index contributed by atoms with van der Waals surface area (Å²) in [6.07, 6.45) is 8.04. The number of benzene rings is 11. The van der Waals surface area contributed by atoms with Crippen LogP contribution in [0.4, 0.5) is 34.1 Å². The maximum Gasteiger partial charge on any atom is 0.0467 e. The Labute approximate surface area is 435 Å². The molecule has 352 valence electrons. The molecule has 1 unspecified atom stereocenters. The summed E-state index contributed by atoms with van der Waals surface area (Å²) in [6, 6.07) is 105. The molecule has 74 heavy (non-hydrogen) atoms. The van der Waals surface area contributed by atoms with Crippen molar-refractivity contribution < 1.29 is 0 Å². The van der Waals surface area contributed by atoms with Crippen molar-refractivity contribution in [3.05, 3.63) is 320 Å². The molecule has 1 aliphatic rings. The summed E-state index contributed by atoms with van der Waals surface area (Å²) >= 11 is 0. The molecule has 12 rings (SSSR count). The molecule has 0 N–H and O–H groups in total. The van der Waals surface area contributed by atoms with Gasteiger partial charge in [0, 0.05) is 40.0 Å². The van der Waals surface area contributed by atoms with Gasteiger partial charge in [-0.2, -0.15) is 0 Å². The molecule has 0 saturated heterocycles. The monoisotopic (exact) mass is 946 g/mol. The van der Waals surface area contributed by atoms with Gasteiger partial charge in [0.15, 0.2) is 0 Å². The standard InChI is InChI=1S/C72H54N2/c1-6-16-54(17-7-1)58-30-41-67(42-31-58)73(68-43-32-59(33-44-68)55-18-8-2-9-19-55)66-39-26-53(27-40-66)50-72(62-24-14-5-15-25-62)65-29-28-64-52-71(49-38-63(64)51-65)74(69-45-34-60(35-46-69)56-20-10-3-11-21-56)70-47-36-61(37-48-70)57-22-12-4-13-23-57/h1-50,52,65H,51H2/b72-50-. The summed E-state index contributed by atoms with van der Waals surface area (Å²) in [6.45, 7) is 0. The highest BCUT2D eigenvalue weighted by Crippen LogP contribution is 2.42. The van der Waals surface area contributed by atoms with Gasteiger partial charge in [0.1, 0.15) is 0 Å². The van der Waals surface area contributed by atoms with Gasteiger partial charge >= 0.3 is 0 Å². The van der Waals surface area contributed by atoms with Crippen LogP contribution in [0.3, 0.4) is 0 Å². The molecule has 0 aromatic heterocycles. The Morgan fingerprint density at radius 1 is 0.311 bits per heavy atom. The molecule has 2 nitrogen and oxygen atoms in total. The third-order valence-corrected chi connectivity index (χ3v) is 14.2. The second-order valence-corrected chi connectivity index (χ2v) is 18.9. The molecule has 2 heteroatoms. The van der Waals surface area contributed by atoms with E-state index in [1.807, 2.05) is 0 Å². The zero-order chi connectivity index (χ0) is 49.5. The predicted molar refractivity (Wildman–Crippen MR) is 315 cm³/mol. The number of hydrogen-bond acceptors (Lipinski definition) is 2. The van der Waals surface area contributed by atoms with Gasteiger partial charge < -0.3 is 9.80 Å². The Morgan fingerprint density at radius 3 is 1.00 bits per heavy atom. The van der Waals surface area contributed by atoms with E-state index in [1.54, 1.807) is 0 Å². The zero-order valence-corrected chi connectivity index (χ0v) is 41.1. The molecule has 0 fully saturated rings. The minimum absolute atomic E-state index is 0.186. The van der Waals surface area contributed by atoms with E-state index in [1.165, 1.54) is 66.8 Å². The Kier molecular flexibility index (Phi) is 13.0. The average Bonchev–Trinajstić information content (AvgIpc) is 3.49. The van der Waals surface area contributed by atoms with Crippen molar-refractivity contribution in [2.75, 3.05) is 9.80 Å². The Balaban J connectivity index is 0.854. The molecule has 1 aliphatic carbocycles. The number of fused-ring (bicyclic) bond motifs is 1. The molecule has 0 aliphatic heterocycles. The van der Waals surface area contributed by atoms with E-state index in [2.05, 4.69) is 319 Å². The topological polar surface area (TPSA) is 6.48 Å². The summed E-state index contributed by atoms with van der Waals surface area (Å²) in [5.74, 6) is 0.186. The van der Waals surface area contributed by atoms with Crippen LogP contribution in [0, 0.1) is 5.92 Å². The largest absolute Gasteiger partial charge is 0.311 e. The molecule has 0 bridgehead atoms. The lowest BCUT2D eigenvalue weighted by Gasteiger charge is -2.28. The van der Waals surface area contributed by atoms with Crippen LogP contribution in [0.25, 0.3) is 62.2 Å². The molecular weight excluding hydrogens is 893 g/mol. The number of nitrogens with zero attached hydrogens (tertiary/aromatic N) is 2. The smallest absolute Gasteiger partial charge is 0.0467 e. The molecule has 0 spiro atoms. The van der Waals surface area contributed by atoms with Crippen molar-refractivity contribution in [3.8, 4) is 44.5 Å². The van der Waals surface area contributed by atoms with Crippen molar-refractivity contribution >= 4 is 51.8 Å². The molecule has 0 heterocycles. The van der Waals surface area contributed by atoms with E-state index < -0.39 is 0 Å². The highest BCUT2D eigenvalue weighted by atomic mass is 15.1. The van der Waals surface area contributed by atoms with E-state index in [0.717, 1.165) is 46.1 Å². The van der Waals surface area contributed by atoms with Crippen LogP contribution in [-0.2, 0) is 6.42 Å². The third kappa shape index (κ3) is 9.90. The third-order valence-electron chi connectivity index (χ3n) is 14.2. The normalized spacial score (nSPS) is 13.0. The Bertz CT molecular complexity index is 3500. The van der Waals surface area contributed by atoms with E-state index >= 15 is 0 Å². The van der Waals surface area contributed by atoms with Crippen molar-refractivity contribution in [2.45, 2.75) is 6.42 Å². The van der Waals surface area contributed by atoms with Crippen LogP contribution in [-0.4, -0.2) is 0 Å². The van der Waals surface area contributed by atoms with Gasteiger partial charge in [0.25, 0.3) is 0 Å². The maximum atomic E-state index is 2.41. The number of anilines is 6. The summed E-state index contributed by atoms with van der Waals surface area (Å²) in [5.41, 5.74) is 22.5. The van der Waals surface area contributed by atoms with Crippen molar-refractivity contribution in [2.24, 2.45) is 5.92 Å². The second-order valence-electron chi connectivity index (χ2n) is 18.9. The number of hydrogen-bond donors (Lipinski definition) is 0. The number of allylic oxidation sites excluding steroid dienone is 2. The highest BCUT2D eigenvalue weighted by Gasteiger charge is 2.22. The van der Waals surface area contributed by atoms with Crippen LogP contribution in [0.1, 0.15) is 22.3 Å². The van der Waals surface area contributed by atoms with Crippen molar-refractivity contribution in [3.63, 3.8) is 0 Å². The first-order valence-electron chi connectivity index (χ1n) is 25.6. The van der Waals surface area contributed by atoms with Gasteiger partial charge in [0.2, 0.25) is 0 Å². The summed E-state index contributed by atoms with van der Waals surface area (Å²) in [7, 11) is 0. The van der Waals surface area contributed by atoms with Crippen LogP contribution >= 0.6 is 0 Å². The van der Waals surface area contributed by atoms with E-state index in [9.17, 15) is 0 Å². The SMILES string of the molecule is C1=CC(/C(=C\c2ccc(N(c3ccc(-c4ccccc4)cc3)c3ccc(-c4ccccc4)cc3)cc2)c2ccccc2)Cc2ccc(N(c3ccc(-c4ccccc4)cc3)c3ccc(-c4ccccc4)cc3)cc21. The predicted octanol–water partition coefficient (Wildman–Crippen LogP) is 19.7. The molecule has 0 radical (unpaired) electrons. The van der Waals surface area contributed by atoms with Crippen LogP contribution < -0.4 is 9.80 Å². The molecule has 11 aromatic carbocycles. The fraction of sp³-hybridized carbons (Fsp3) is 0.0278. The van der Waals surface area contributed by atoms with Crippen molar-refractivity contribution in [1.82, 2.24) is 0 Å². The molecule has 1 atom stereocenters. The summed E-state index contributed by atoms with van der Waals surface area (Å²) < 4.78 is 0. The zero-order valence-electron chi connectivity index (χ0n) is 41.1. The lowest BCUT2D eigenvalue weighted by molar-refractivity contribution is 0.818. The van der Waals surface area contributed by atoms with Gasteiger partial charge in [-0.3, -0.25) is 0 Å². The minimum Gasteiger partial charge on any atom is -0.311 e. The van der Waals surface area contributed by atoms with E-state index in [-0.39, 0.29) is 5.92 Å². The van der Waals surface area contributed by atoms with Gasteiger partial charge in [-0.05, 0) is 152 Å². The molecule has 0 saturated carbocycles.